The number of morpholine rings is 1. The van der Waals surface area contributed by atoms with Crippen molar-refractivity contribution in [1.82, 2.24) is 4.90 Å². The van der Waals surface area contributed by atoms with E-state index in [4.69, 9.17) is 9.47 Å². The third-order valence-electron chi connectivity index (χ3n) is 3.05. The van der Waals surface area contributed by atoms with E-state index < -0.39 is 0 Å². The SMILES string of the molecule is COc1ccc(Br)c(CCN2CCOCC2)c1. The average Bonchev–Trinajstić information content (AvgIpc) is 2.39. The molecule has 1 aliphatic rings. The van der Waals surface area contributed by atoms with Gasteiger partial charge in [0.2, 0.25) is 0 Å². The third kappa shape index (κ3) is 3.69. The summed E-state index contributed by atoms with van der Waals surface area (Å²) in [5.41, 5.74) is 1.30. The Morgan fingerprint density at radius 2 is 2.12 bits per heavy atom. The lowest BCUT2D eigenvalue weighted by molar-refractivity contribution is 0.0384. The molecule has 0 atom stereocenters. The summed E-state index contributed by atoms with van der Waals surface area (Å²) in [4.78, 5) is 2.44. The molecule has 1 heterocycles. The highest BCUT2D eigenvalue weighted by molar-refractivity contribution is 9.10. The molecule has 0 aromatic heterocycles. The van der Waals surface area contributed by atoms with E-state index >= 15 is 0 Å². The summed E-state index contributed by atoms with van der Waals surface area (Å²) in [7, 11) is 1.70. The van der Waals surface area contributed by atoms with Crippen LogP contribution in [0.3, 0.4) is 0 Å². The second kappa shape index (κ2) is 6.38. The van der Waals surface area contributed by atoms with Crippen molar-refractivity contribution in [3.05, 3.63) is 28.2 Å². The Balaban J connectivity index is 1.92. The van der Waals surface area contributed by atoms with Gasteiger partial charge in [-0.3, -0.25) is 4.90 Å². The lowest BCUT2D eigenvalue weighted by Gasteiger charge is -2.26. The summed E-state index contributed by atoms with van der Waals surface area (Å²) < 4.78 is 11.7. The molecule has 0 unspecified atom stereocenters. The third-order valence-corrected chi connectivity index (χ3v) is 3.83. The monoisotopic (exact) mass is 299 g/mol. The van der Waals surface area contributed by atoms with Gasteiger partial charge in [-0.2, -0.15) is 0 Å². The Kier molecular flexibility index (Phi) is 4.83. The number of hydrogen-bond donors (Lipinski definition) is 0. The highest BCUT2D eigenvalue weighted by Crippen LogP contribution is 2.23. The molecule has 0 amide bonds. The van der Waals surface area contributed by atoms with Gasteiger partial charge in [0.15, 0.2) is 0 Å². The number of nitrogens with zero attached hydrogens (tertiary/aromatic N) is 1. The van der Waals surface area contributed by atoms with Crippen LogP contribution in [0.5, 0.6) is 5.75 Å². The molecule has 94 valence electrons. The molecule has 1 aliphatic heterocycles. The van der Waals surface area contributed by atoms with Crippen LogP contribution < -0.4 is 4.74 Å². The number of hydrogen-bond acceptors (Lipinski definition) is 3. The van der Waals surface area contributed by atoms with Crippen molar-refractivity contribution in [3.8, 4) is 5.75 Å². The highest BCUT2D eigenvalue weighted by Gasteiger charge is 2.11. The van der Waals surface area contributed by atoms with Gasteiger partial charge in [-0.1, -0.05) is 15.9 Å². The summed E-state index contributed by atoms with van der Waals surface area (Å²) in [5, 5.41) is 0. The Hall–Kier alpha value is -0.580. The van der Waals surface area contributed by atoms with Crippen LogP contribution in [-0.4, -0.2) is 44.9 Å². The number of halogens is 1. The largest absolute Gasteiger partial charge is 0.497 e. The smallest absolute Gasteiger partial charge is 0.119 e. The van der Waals surface area contributed by atoms with Crippen LogP contribution in [0.2, 0.25) is 0 Å². The maximum Gasteiger partial charge on any atom is 0.119 e. The van der Waals surface area contributed by atoms with Crippen molar-refractivity contribution >= 4 is 15.9 Å². The predicted molar refractivity (Wildman–Crippen MR) is 71.7 cm³/mol. The molecule has 0 bridgehead atoms. The summed E-state index contributed by atoms with van der Waals surface area (Å²) in [6.07, 6.45) is 1.04. The zero-order valence-corrected chi connectivity index (χ0v) is 11.7. The Morgan fingerprint density at radius 1 is 1.35 bits per heavy atom. The molecule has 2 rings (SSSR count). The quantitative estimate of drug-likeness (QED) is 0.852. The summed E-state index contributed by atoms with van der Waals surface area (Å²) in [6.45, 7) is 4.89. The summed E-state index contributed by atoms with van der Waals surface area (Å²) >= 11 is 3.59. The van der Waals surface area contributed by atoms with E-state index in [1.54, 1.807) is 7.11 Å². The standard InChI is InChI=1S/C13H18BrNO2/c1-16-12-2-3-13(14)11(10-12)4-5-15-6-8-17-9-7-15/h2-3,10H,4-9H2,1H3. The van der Waals surface area contributed by atoms with Crippen LogP contribution >= 0.6 is 15.9 Å². The zero-order valence-electron chi connectivity index (χ0n) is 10.1. The van der Waals surface area contributed by atoms with Crippen LogP contribution in [-0.2, 0) is 11.2 Å². The van der Waals surface area contributed by atoms with Gasteiger partial charge in [-0.25, -0.2) is 0 Å². The molecule has 17 heavy (non-hydrogen) atoms. The lowest BCUT2D eigenvalue weighted by atomic mass is 10.1. The average molecular weight is 300 g/mol. The van der Waals surface area contributed by atoms with Gasteiger partial charge in [0.1, 0.15) is 5.75 Å². The number of benzene rings is 1. The van der Waals surface area contributed by atoms with E-state index in [0.717, 1.165) is 49.5 Å². The van der Waals surface area contributed by atoms with E-state index in [1.165, 1.54) is 5.56 Å². The van der Waals surface area contributed by atoms with Gasteiger partial charge in [0.25, 0.3) is 0 Å². The van der Waals surface area contributed by atoms with Gasteiger partial charge in [-0.05, 0) is 30.2 Å². The second-order valence-electron chi connectivity index (χ2n) is 4.16. The molecular formula is C13H18BrNO2. The summed E-state index contributed by atoms with van der Waals surface area (Å²) in [5.74, 6) is 0.921. The molecule has 1 aromatic rings. The fraction of sp³-hybridized carbons (Fsp3) is 0.538. The highest BCUT2D eigenvalue weighted by atomic mass is 79.9. The second-order valence-corrected chi connectivity index (χ2v) is 5.02. The number of methoxy groups -OCH3 is 1. The van der Waals surface area contributed by atoms with Crippen LogP contribution in [0.15, 0.2) is 22.7 Å². The van der Waals surface area contributed by atoms with Crippen molar-refractivity contribution in [2.45, 2.75) is 6.42 Å². The van der Waals surface area contributed by atoms with E-state index in [9.17, 15) is 0 Å². The fourth-order valence-corrected chi connectivity index (χ4v) is 2.42. The van der Waals surface area contributed by atoms with Crippen molar-refractivity contribution in [2.24, 2.45) is 0 Å². The maximum atomic E-state index is 5.34. The van der Waals surface area contributed by atoms with Crippen LogP contribution in [0.25, 0.3) is 0 Å². The van der Waals surface area contributed by atoms with E-state index in [2.05, 4.69) is 26.9 Å². The fourth-order valence-electron chi connectivity index (χ4n) is 1.97. The van der Waals surface area contributed by atoms with Gasteiger partial charge in [0.05, 0.1) is 20.3 Å². The van der Waals surface area contributed by atoms with Crippen LogP contribution in [0.1, 0.15) is 5.56 Å². The normalized spacial score (nSPS) is 17.1. The first-order valence-corrected chi connectivity index (χ1v) is 6.71. The molecule has 1 aromatic carbocycles. The molecular weight excluding hydrogens is 282 g/mol. The van der Waals surface area contributed by atoms with Gasteiger partial charge < -0.3 is 9.47 Å². The molecule has 0 aliphatic carbocycles. The molecule has 0 spiro atoms. The van der Waals surface area contributed by atoms with Gasteiger partial charge >= 0.3 is 0 Å². The topological polar surface area (TPSA) is 21.7 Å². The Morgan fingerprint density at radius 3 is 2.82 bits per heavy atom. The Bertz CT molecular complexity index is 364. The molecule has 0 saturated carbocycles. The number of rotatable bonds is 4. The first-order chi connectivity index (χ1) is 8.29. The minimum absolute atomic E-state index is 0.860. The molecule has 1 fully saturated rings. The van der Waals surface area contributed by atoms with Crippen molar-refractivity contribution in [3.63, 3.8) is 0 Å². The van der Waals surface area contributed by atoms with E-state index in [0.29, 0.717) is 0 Å². The van der Waals surface area contributed by atoms with Gasteiger partial charge in [-0.15, -0.1) is 0 Å². The molecule has 4 heteroatoms. The number of ether oxygens (including phenoxy) is 2. The minimum atomic E-state index is 0.860. The van der Waals surface area contributed by atoms with Crippen molar-refractivity contribution in [2.75, 3.05) is 40.0 Å². The first-order valence-electron chi connectivity index (χ1n) is 5.92. The van der Waals surface area contributed by atoms with Crippen molar-refractivity contribution < 1.29 is 9.47 Å². The zero-order chi connectivity index (χ0) is 12.1. The Labute approximate surface area is 111 Å². The van der Waals surface area contributed by atoms with Crippen LogP contribution in [0, 0.1) is 0 Å². The maximum absolute atomic E-state index is 5.34. The first kappa shape index (κ1) is 12.9. The molecule has 0 N–H and O–H groups in total. The minimum Gasteiger partial charge on any atom is -0.497 e. The van der Waals surface area contributed by atoms with Gasteiger partial charge in [0, 0.05) is 24.1 Å². The van der Waals surface area contributed by atoms with E-state index in [1.807, 2.05) is 12.1 Å². The molecule has 1 saturated heterocycles. The molecule has 0 radical (unpaired) electrons. The van der Waals surface area contributed by atoms with E-state index in [-0.39, 0.29) is 0 Å². The molecule has 3 nitrogen and oxygen atoms in total. The predicted octanol–water partition coefficient (Wildman–Crippen LogP) is 2.33. The lowest BCUT2D eigenvalue weighted by Crippen LogP contribution is -2.37. The van der Waals surface area contributed by atoms with Crippen LogP contribution in [0.4, 0.5) is 0 Å². The van der Waals surface area contributed by atoms with Crippen molar-refractivity contribution in [1.29, 1.82) is 0 Å². The summed E-state index contributed by atoms with van der Waals surface area (Å²) in [6, 6.07) is 6.13.